The van der Waals surface area contributed by atoms with Crippen LogP contribution in [0, 0.1) is 0 Å². The van der Waals surface area contributed by atoms with Gasteiger partial charge < -0.3 is 0 Å². The number of aryl methyl sites for hydroxylation is 2. The first-order chi connectivity index (χ1) is 11.7. The quantitative estimate of drug-likeness (QED) is 0.309. The Hall–Kier alpha value is 0.380. The molecule has 0 aliphatic heterocycles. The van der Waals surface area contributed by atoms with Gasteiger partial charge in [0.05, 0.1) is 0 Å². The van der Waals surface area contributed by atoms with Crippen molar-refractivity contribution in [1.82, 2.24) is 0 Å². The summed E-state index contributed by atoms with van der Waals surface area (Å²) in [6.07, 6.45) is 7.75. The molecule has 0 fully saturated rings. The van der Waals surface area contributed by atoms with Crippen LogP contribution in [0.3, 0.4) is 0 Å². The molecule has 24 heavy (non-hydrogen) atoms. The van der Waals surface area contributed by atoms with E-state index < -0.39 is 20.8 Å². The van der Waals surface area contributed by atoms with Crippen molar-refractivity contribution < 1.29 is 20.8 Å². The first-order valence-electron chi connectivity index (χ1n) is 8.81. The average molecular weight is 464 g/mol. The molecule has 135 valence electrons. The molecule has 0 bridgehead atoms. The van der Waals surface area contributed by atoms with E-state index in [0.717, 1.165) is 9.52 Å². The Morgan fingerprint density at radius 1 is 0.875 bits per heavy atom. The molecule has 0 saturated heterocycles. The van der Waals surface area contributed by atoms with Crippen LogP contribution in [0.4, 0.5) is 0 Å². The summed E-state index contributed by atoms with van der Waals surface area (Å²) in [7, 11) is 10.6. The Labute approximate surface area is 171 Å². The van der Waals surface area contributed by atoms with Crippen molar-refractivity contribution >= 4 is 26.5 Å². The van der Waals surface area contributed by atoms with Gasteiger partial charge >= 0.3 is 37.9 Å². The Morgan fingerprint density at radius 2 is 1.21 bits per heavy atom. The van der Waals surface area contributed by atoms with Gasteiger partial charge in [0.15, 0.2) is 0 Å². The zero-order valence-corrected chi connectivity index (χ0v) is 20.8. The first-order valence-corrected chi connectivity index (χ1v) is 17.4. The molecule has 0 N–H and O–H groups in total. The number of rotatable bonds is 6. The van der Waals surface area contributed by atoms with Crippen LogP contribution in [0.25, 0.3) is 0 Å². The maximum absolute atomic E-state index is 4.93. The zero-order chi connectivity index (χ0) is 18.5. The normalized spacial score (nSPS) is 8.58. The average Bonchev–Trinajstić information content (AvgIpc) is 3.27. The van der Waals surface area contributed by atoms with E-state index in [-0.39, 0.29) is 0 Å². The van der Waals surface area contributed by atoms with E-state index in [9.17, 15) is 0 Å². The number of unbranched alkanes of at least 4 members (excludes halogenated alkanes) is 2. The Kier molecular flexibility index (Phi) is 25.9. The Morgan fingerprint density at radius 3 is 1.42 bits per heavy atom. The van der Waals surface area contributed by atoms with E-state index in [1.165, 1.54) is 49.7 Å². The van der Waals surface area contributed by atoms with Gasteiger partial charge in [-0.15, -0.1) is 0 Å². The molecule has 0 heterocycles. The van der Waals surface area contributed by atoms with E-state index in [0.29, 0.717) is 0 Å². The topological polar surface area (TPSA) is 0 Å². The van der Waals surface area contributed by atoms with Crippen LogP contribution in [0.1, 0.15) is 50.7 Å². The minimum absolute atomic E-state index is 0.750. The van der Waals surface area contributed by atoms with Crippen molar-refractivity contribution in [3.05, 3.63) is 59.7 Å². The molecule has 0 aliphatic carbocycles. The Bertz CT molecular complexity index is 359. The summed E-state index contributed by atoms with van der Waals surface area (Å²) in [4.78, 5) is 0. The van der Waals surface area contributed by atoms with Gasteiger partial charge in [-0.3, -0.25) is 0 Å². The zero-order valence-electron chi connectivity index (χ0n) is 15.7. The summed E-state index contributed by atoms with van der Waals surface area (Å²) in [5.74, 6) is 0. The molecule has 0 saturated carbocycles. The fraction of sp³-hybridized carbons (Fsp3) is 0.500. The molecular weight excluding hydrogens is 430 g/mol. The van der Waals surface area contributed by atoms with E-state index in [1.807, 2.05) is 0 Å². The van der Waals surface area contributed by atoms with Crippen molar-refractivity contribution in [2.24, 2.45) is 0 Å². The van der Waals surface area contributed by atoms with Gasteiger partial charge in [0.25, 0.3) is 0 Å². The van der Waals surface area contributed by atoms with Crippen molar-refractivity contribution in [3.63, 3.8) is 0 Å². The molecule has 0 unspecified atom stereocenters. The van der Waals surface area contributed by atoms with E-state index >= 15 is 0 Å². The molecule has 0 aromatic heterocycles. The third-order valence-electron chi connectivity index (χ3n) is 3.10. The van der Waals surface area contributed by atoms with E-state index in [1.54, 1.807) is 0 Å². The summed E-state index contributed by atoms with van der Waals surface area (Å²) in [6.45, 7) is 8.87. The second-order valence-corrected chi connectivity index (χ2v) is 10.3. The molecule has 0 atom stereocenters. The van der Waals surface area contributed by atoms with Gasteiger partial charge in [-0.1, -0.05) is 65.5 Å². The molecule has 2 rings (SSSR count). The van der Waals surface area contributed by atoms with Gasteiger partial charge in [0, 0.05) is 9.52 Å². The van der Waals surface area contributed by atoms with Crippen molar-refractivity contribution in [2.75, 3.05) is 0 Å². The van der Waals surface area contributed by atoms with Crippen molar-refractivity contribution in [2.45, 2.75) is 65.5 Å². The second-order valence-electron chi connectivity index (χ2n) is 5.44. The van der Waals surface area contributed by atoms with Crippen LogP contribution in [-0.4, -0.2) is 9.52 Å². The molecule has 0 amide bonds. The van der Waals surface area contributed by atoms with Crippen LogP contribution in [0.5, 0.6) is 0 Å². The molecular formula is C20H33Cl2SiZr. The van der Waals surface area contributed by atoms with Crippen LogP contribution in [0.2, 0.25) is 13.1 Å². The second kappa shape index (κ2) is 23.4. The Balaban J connectivity index is 0. The first kappa shape index (κ1) is 26.6. The third-order valence-corrected chi connectivity index (χ3v) is 3.10. The van der Waals surface area contributed by atoms with Gasteiger partial charge in [-0.05, 0) is 0 Å². The molecule has 2 aromatic rings. The maximum atomic E-state index is 4.93. The predicted molar refractivity (Wildman–Crippen MR) is 112 cm³/mol. The van der Waals surface area contributed by atoms with Crippen LogP contribution in [-0.2, 0) is 33.7 Å². The summed E-state index contributed by atoms with van der Waals surface area (Å²) >= 11 is -0.826. The SMILES string of the molecule is CCCCc1cc[cH-]c1.CCCCc1cc[cH-]c1.C[SiH]C.[Cl][Zr+2][Cl]. The summed E-state index contributed by atoms with van der Waals surface area (Å²) in [6, 6.07) is 17.2. The molecule has 2 aromatic carbocycles. The standard InChI is InChI=1S/2C9H13.C2H7Si.2ClH.Zr/c2*1-2-3-6-9-7-4-5-8-9;1-3-2;;;/h2*4-5,7-8H,2-3,6H2,1H3;3H,1-2H3;2*1H;/q2*-1;;;;+4/p-2. The number of hydrogen-bond acceptors (Lipinski definition) is 0. The van der Waals surface area contributed by atoms with E-state index in [4.69, 9.17) is 17.0 Å². The summed E-state index contributed by atoms with van der Waals surface area (Å²) in [5.41, 5.74) is 2.97. The van der Waals surface area contributed by atoms with Crippen molar-refractivity contribution in [3.8, 4) is 0 Å². The fourth-order valence-corrected chi connectivity index (χ4v) is 1.92. The van der Waals surface area contributed by atoms with Gasteiger partial charge in [-0.25, -0.2) is 12.1 Å². The third kappa shape index (κ3) is 20.4. The molecule has 0 nitrogen and oxygen atoms in total. The summed E-state index contributed by atoms with van der Waals surface area (Å²) < 4.78 is 0. The van der Waals surface area contributed by atoms with E-state index in [2.05, 4.69) is 75.5 Å². The van der Waals surface area contributed by atoms with Gasteiger partial charge in [0.1, 0.15) is 0 Å². The monoisotopic (exact) mass is 461 g/mol. The summed E-state index contributed by atoms with van der Waals surface area (Å²) in [5, 5.41) is 0. The van der Waals surface area contributed by atoms with Crippen LogP contribution >= 0.6 is 17.0 Å². The number of halogens is 2. The molecule has 4 heteroatoms. The number of hydrogen-bond donors (Lipinski definition) is 0. The molecule has 0 aliphatic rings. The van der Waals surface area contributed by atoms with Gasteiger partial charge in [0.2, 0.25) is 0 Å². The fourth-order valence-electron chi connectivity index (χ4n) is 1.92. The van der Waals surface area contributed by atoms with Crippen LogP contribution in [0.15, 0.2) is 48.5 Å². The van der Waals surface area contributed by atoms with Gasteiger partial charge in [-0.2, -0.15) is 47.5 Å². The minimum atomic E-state index is -0.826. The van der Waals surface area contributed by atoms with Crippen LogP contribution < -0.4 is 0 Å². The van der Waals surface area contributed by atoms with Crippen molar-refractivity contribution in [1.29, 1.82) is 0 Å². The predicted octanol–water partition coefficient (Wildman–Crippen LogP) is 7.39. The molecule has 1 radical (unpaired) electrons. The molecule has 0 spiro atoms.